The van der Waals surface area contributed by atoms with Crippen molar-refractivity contribution < 1.29 is 14.6 Å². The summed E-state index contributed by atoms with van der Waals surface area (Å²) in [6.07, 6.45) is 2.07. The number of carbonyl (C=O) groups is 1. The first-order valence-corrected chi connectivity index (χ1v) is 6.25. The smallest absolute Gasteiger partial charge is 0.299 e. The minimum Gasteiger partial charge on any atom is -0.504 e. The Kier molecular flexibility index (Phi) is 3.96. The summed E-state index contributed by atoms with van der Waals surface area (Å²) in [7, 11) is 1.51. The predicted molar refractivity (Wildman–Crippen MR) is 71.7 cm³/mol. The molecule has 0 spiro atoms. The Morgan fingerprint density at radius 3 is 2.84 bits per heavy atom. The summed E-state index contributed by atoms with van der Waals surface area (Å²) < 4.78 is 5.07. The van der Waals surface area contributed by atoms with Gasteiger partial charge in [-0.2, -0.15) is 0 Å². The molecule has 1 amide bonds. The molecule has 0 bridgehead atoms. The minimum atomic E-state index is -0.142. The van der Waals surface area contributed by atoms with Crippen molar-refractivity contribution in [3.8, 4) is 23.3 Å². The molecule has 0 heterocycles. The van der Waals surface area contributed by atoms with Crippen molar-refractivity contribution in [3.63, 3.8) is 0 Å². The Hall–Kier alpha value is -2.15. The average molecular weight is 259 g/mol. The highest BCUT2D eigenvalue weighted by molar-refractivity contribution is 5.93. The van der Waals surface area contributed by atoms with Crippen molar-refractivity contribution in [1.29, 1.82) is 0 Å². The standard InChI is InChI=1S/C15H17NO3/c1-3-4-15(18)16(12-6-7-12)10-11-5-8-13(17)14(9-11)19-2/h5,8-9,12,17H,6-7,10H2,1-2H3. The Balaban J connectivity index is 2.16. The number of benzene rings is 1. The van der Waals surface area contributed by atoms with Crippen LogP contribution in [-0.2, 0) is 11.3 Å². The number of rotatable bonds is 4. The second-order valence-electron chi connectivity index (χ2n) is 4.55. The number of aromatic hydroxyl groups is 1. The van der Waals surface area contributed by atoms with E-state index >= 15 is 0 Å². The van der Waals surface area contributed by atoms with Crippen LogP contribution in [0.4, 0.5) is 0 Å². The lowest BCUT2D eigenvalue weighted by Crippen LogP contribution is -2.31. The highest BCUT2D eigenvalue weighted by Crippen LogP contribution is 2.31. The van der Waals surface area contributed by atoms with E-state index in [1.807, 2.05) is 0 Å². The van der Waals surface area contributed by atoms with Crippen LogP contribution in [0.5, 0.6) is 11.5 Å². The first-order valence-electron chi connectivity index (χ1n) is 6.25. The maximum atomic E-state index is 11.9. The molecule has 0 radical (unpaired) electrons. The number of hydrogen-bond donors (Lipinski definition) is 1. The van der Waals surface area contributed by atoms with Crippen molar-refractivity contribution >= 4 is 5.91 Å². The number of phenols is 1. The van der Waals surface area contributed by atoms with E-state index in [1.165, 1.54) is 7.11 Å². The highest BCUT2D eigenvalue weighted by Gasteiger charge is 2.31. The minimum absolute atomic E-state index is 0.101. The number of ether oxygens (including phenoxy) is 1. The van der Waals surface area contributed by atoms with E-state index in [9.17, 15) is 9.90 Å². The molecule has 0 saturated heterocycles. The molecule has 0 unspecified atom stereocenters. The Morgan fingerprint density at radius 2 is 2.26 bits per heavy atom. The van der Waals surface area contributed by atoms with Crippen LogP contribution < -0.4 is 4.74 Å². The van der Waals surface area contributed by atoms with Gasteiger partial charge in [-0.15, -0.1) is 0 Å². The van der Waals surface area contributed by atoms with Gasteiger partial charge >= 0.3 is 0 Å². The molecule has 2 rings (SSSR count). The monoisotopic (exact) mass is 259 g/mol. The zero-order chi connectivity index (χ0) is 13.8. The number of nitrogens with zero attached hydrogens (tertiary/aromatic N) is 1. The lowest BCUT2D eigenvalue weighted by atomic mass is 10.2. The van der Waals surface area contributed by atoms with Crippen molar-refractivity contribution in [2.45, 2.75) is 32.4 Å². The van der Waals surface area contributed by atoms with E-state index in [2.05, 4.69) is 11.8 Å². The van der Waals surface area contributed by atoms with E-state index in [4.69, 9.17) is 4.74 Å². The van der Waals surface area contributed by atoms with E-state index in [1.54, 1.807) is 30.0 Å². The van der Waals surface area contributed by atoms with Gasteiger partial charge < -0.3 is 14.7 Å². The average Bonchev–Trinajstić information content (AvgIpc) is 3.22. The third kappa shape index (κ3) is 3.19. The van der Waals surface area contributed by atoms with Gasteiger partial charge in [-0.1, -0.05) is 12.0 Å². The normalized spacial score (nSPS) is 13.4. The maximum absolute atomic E-state index is 11.9. The molecule has 0 aromatic heterocycles. The van der Waals surface area contributed by atoms with Crippen LogP contribution in [0.2, 0.25) is 0 Å². The molecule has 0 atom stereocenters. The Bertz CT molecular complexity index is 538. The van der Waals surface area contributed by atoms with Gasteiger partial charge in [-0.05, 0) is 43.4 Å². The summed E-state index contributed by atoms with van der Waals surface area (Å²) in [5.41, 5.74) is 0.924. The Labute approximate surface area is 113 Å². The molecule has 0 aliphatic heterocycles. The molecule has 1 aromatic rings. The number of phenolic OH excluding ortho intramolecular Hbond substituents is 1. The third-order valence-electron chi connectivity index (χ3n) is 3.08. The van der Waals surface area contributed by atoms with Gasteiger partial charge in [0, 0.05) is 12.6 Å². The summed E-state index contributed by atoms with van der Waals surface area (Å²) in [5.74, 6) is 5.60. The Morgan fingerprint density at radius 1 is 1.53 bits per heavy atom. The van der Waals surface area contributed by atoms with E-state index in [0.717, 1.165) is 18.4 Å². The fraction of sp³-hybridized carbons (Fsp3) is 0.400. The van der Waals surface area contributed by atoms with Gasteiger partial charge in [0.25, 0.3) is 5.91 Å². The fourth-order valence-electron chi connectivity index (χ4n) is 1.95. The first kappa shape index (κ1) is 13.3. The van der Waals surface area contributed by atoms with E-state index in [-0.39, 0.29) is 11.7 Å². The first-order chi connectivity index (χ1) is 9.15. The van der Waals surface area contributed by atoms with Gasteiger partial charge in [0.2, 0.25) is 0 Å². The van der Waals surface area contributed by atoms with Crippen LogP contribution in [0.1, 0.15) is 25.3 Å². The third-order valence-corrected chi connectivity index (χ3v) is 3.08. The van der Waals surface area contributed by atoms with E-state index < -0.39 is 0 Å². The highest BCUT2D eigenvalue weighted by atomic mass is 16.5. The summed E-state index contributed by atoms with van der Waals surface area (Å²) in [6.45, 7) is 2.15. The van der Waals surface area contributed by atoms with Gasteiger partial charge in [0.05, 0.1) is 7.11 Å². The van der Waals surface area contributed by atoms with Crippen LogP contribution in [-0.4, -0.2) is 29.1 Å². The van der Waals surface area contributed by atoms with Crippen molar-refractivity contribution in [1.82, 2.24) is 4.90 Å². The molecule has 1 saturated carbocycles. The number of carbonyl (C=O) groups excluding carboxylic acids is 1. The molecule has 100 valence electrons. The molecule has 1 N–H and O–H groups in total. The SMILES string of the molecule is CC#CC(=O)N(Cc1ccc(O)c(OC)c1)C1CC1. The van der Waals surface area contributed by atoms with Crippen LogP contribution in [0, 0.1) is 11.8 Å². The molecular weight excluding hydrogens is 242 g/mol. The molecule has 1 aliphatic rings. The fourth-order valence-corrected chi connectivity index (χ4v) is 1.95. The molecule has 4 nitrogen and oxygen atoms in total. The summed E-state index contributed by atoms with van der Waals surface area (Å²) in [4.78, 5) is 13.7. The van der Waals surface area contributed by atoms with Crippen molar-refractivity contribution in [2.24, 2.45) is 0 Å². The van der Waals surface area contributed by atoms with Crippen LogP contribution in [0.15, 0.2) is 18.2 Å². The topological polar surface area (TPSA) is 49.8 Å². The maximum Gasteiger partial charge on any atom is 0.299 e. The summed E-state index contributed by atoms with van der Waals surface area (Å²) in [6, 6.07) is 5.42. The van der Waals surface area contributed by atoms with Crippen LogP contribution in [0.25, 0.3) is 0 Å². The van der Waals surface area contributed by atoms with Gasteiger partial charge in [0.15, 0.2) is 11.5 Å². The van der Waals surface area contributed by atoms with Crippen LogP contribution in [0.3, 0.4) is 0 Å². The van der Waals surface area contributed by atoms with Crippen molar-refractivity contribution in [3.05, 3.63) is 23.8 Å². The molecule has 19 heavy (non-hydrogen) atoms. The second kappa shape index (κ2) is 5.66. The van der Waals surface area contributed by atoms with Crippen LogP contribution >= 0.6 is 0 Å². The predicted octanol–water partition coefficient (Wildman–Crippen LogP) is 1.92. The zero-order valence-corrected chi connectivity index (χ0v) is 11.1. The largest absolute Gasteiger partial charge is 0.504 e. The molecule has 1 fully saturated rings. The number of methoxy groups -OCH3 is 1. The summed E-state index contributed by atoms with van der Waals surface area (Å²) >= 11 is 0. The van der Waals surface area contributed by atoms with Gasteiger partial charge in [-0.25, -0.2) is 0 Å². The molecule has 1 aromatic carbocycles. The quantitative estimate of drug-likeness (QED) is 0.840. The lowest BCUT2D eigenvalue weighted by molar-refractivity contribution is -0.126. The van der Waals surface area contributed by atoms with Crippen molar-refractivity contribution in [2.75, 3.05) is 7.11 Å². The molecule has 1 aliphatic carbocycles. The van der Waals surface area contributed by atoms with Gasteiger partial charge in [0.1, 0.15) is 0 Å². The van der Waals surface area contributed by atoms with Gasteiger partial charge in [-0.3, -0.25) is 4.79 Å². The van der Waals surface area contributed by atoms with E-state index in [0.29, 0.717) is 18.3 Å². The zero-order valence-electron chi connectivity index (χ0n) is 11.1. The summed E-state index contributed by atoms with van der Waals surface area (Å²) in [5, 5.41) is 9.56. The lowest BCUT2D eigenvalue weighted by Gasteiger charge is -2.20. The number of amides is 1. The molecular formula is C15H17NO3. The second-order valence-corrected chi connectivity index (χ2v) is 4.55. The number of hydrogen-bond acceptors (Lipinski definition) is 3. The molecule has 4 heteroatoms.